The number of nitrogen functional groups attached to an aromatic ring is 1. The van der Waals surface area contributed by atoms with Gasteiger partial charge in [0.1, 0.15) is 11.6 Å². The fourth-order valence-corrected chi connectivity index (χ4v) is 4.41. The highest BCUT2D eigenvalue weighted by molar-refractivity contribution is 5.59. The van der Waals surface area contributed by atoms with Crippen LogP contribution in [0, 0.1) is 0 Å². The molecule has 0 bridgehead atoms. The van der Waals surface area contributed by atoms with Crippen molar-refractivity contribution in [3.8, 4) is 11.4 Å². The molecule has 10 heteroatoms. The van der Waals surface area contributed by atoms with Crippen LogP contribution in [0.15, 0.2) is 12.3 Å². The Morgan fingerprint density at radius 3 is 2.60 bits per heavy atom. The van der Waals surface area contributed by atoms with E-state index in [4.69, 9.17) is 10.5 Å². The van der Waals surface area contributed by atoms with Crippen LogP contribution < -0.4 is 5.73 Å². The summed E-state index contributed by atoms with van der Waals surface area (Å²) in [7, 11) is 0. The number of hydrogen-bond acceptors (Lipinski definition) is 6. The van der Waals surface area contributed by atoms with Gasteiger partial charge < -0.3 is 10.5 Å². The van der Waals surface area contributed by atoms with E-state index in [0.717, 1.165) is 57.5 Å². The third kappa shape index (κ3) is 4.15. The number of pyridine rings is 1. The van der Waals surface area contributed by atoms with E-state index in [1.165, 1.54) is 6.20 Å². The van der Waals surface area contributed by atoms with E-state index in [1.54, 1.807) is 0 Å². The Hall–Kier alpha value is -2.20. The highest BCUT2D eigenvalue weighted by Gasteiger charge is 2.36. The molecule has 30 heavy (non-hydrogen) atoms. The summed E-state index contributed by atoms with van der Waals surface area (Å²) in [5, 5.41) is 4.54. The fraction of sp³-hybridized carbons (Fsp3) is 0.650. The quantitative estimate of drug-likeness (QED) is 0.809. The molecule has 1 saturated carbocycles. The normalized spacial score (nSPS) is 23.4. The molecule has 2 aliphatic rings. The molecule has 3 heterocycles. The maximum absolute atomic E-state index is 13.2. The van der Waals surface area contributed by atoms with Crippen molar-refractivity contribution in [3.63, 3.8) is 0 Å². The van der Waals surface area contributed by atoms with Crippen LogP contribution >= 0.6 is 0 Å². The second kappa shape index (κ2) is 8.14. The van der Waals surface area contributed by atoms with Crippen molar-refractivity contribution in [1.82, 2.24) is 24.6 Å². The lowest BCUT2D eigenvalue weighted by Gasteiger charge is -2.32. The smallest absolute Gasteiger partial charge is 0.383 e. The van der Waals surface area contributed by atoms with Crippen LogP contribution in [0.2, 0.25) is 0 Å². The van der Waals surface area contributed by atoms with Gasteiger partial charge in [-0.3, -0.25) is 4.90 Å². The molecule has 0 spiro atoms. The van der Waals surface area contributed by atoms with E-state index >= 15 is 0 Å². The molecular weight excluding hydrogens is 397 g/mol. The number of hydrogen-bond donors (Lipinski definition) is 1. The van der Waals surface area contributed by atoms with Crippen molar-refractivity contribution in [2.24, 2.45) is 0 Å². The summed E-state index contributed by atoms with van der Waals surface area (Å²) in [6.07, 6.45) is -0.237. The molecule has 0 unspecified atom stereocenters. The van der Waals surface area contributed by atoms with Crippen molar-refractivity contribution < 1.29 is 17.9 Å². The standard InChI is InChI=1S/C20H27F3N6O/c1-12(2)29-19(13-3-4-15(9-13)28-5-7-30-8-6-28)26-18(27-29)14-10-16(20(21,22)23)17(24)25-11-14/h10-13,15H,3-9H2,1-2H3,(H2,24,25)/t13-,15+/m1/s1. The lowest BCUT2D eigenvalue weighted by molar-refractivity contribution is -0.137. The Morgan fingerprint density at radius 1 is 1.20 bits per heavy atom. The maximum atomic E-state index is 13.2. The lowest BCUT2D eigenvalue weighted by Crippen LogP contribution is -2.42. The van der Waals surface area contributed by atoms with Gasteiger partial charge in [-0.15, -0.1) is 0 Å². The molecule has 0 radical (unpaired) electrons. The van der Waals surface area contributed by atoms with Crippen molar-refractivity contribution in [2.75, 3.05) is 32.0 Å². The third-order valence-electron chi connectivity index (χ3n) is 5.96. The summed E-state index contributed by atoms with van der Waals surface area (Å²) in [4.78, 5) is 10.9. The molecule has 1 saturated heterocycles. The summed E-state index contributed by atoms with van der Waals surface area (Å²) in [5.41, 5.74) is 4.69. The van der Waals surface area contributed by atoms with Gasteiger partial charge in [0.2, 0.25) is 0 Å². The number of anilines is 1. The van der Waals surface area contributed by atoms with Gasteiger partial charge >= 0.3 is 6.18 Å². The first-order valence-corrected chi connectivity index (χ1v) is 10.4. The van der Waals surface area contributed by atoms with Crippen molar-refractivity contribution in [1.29, 1.82) is 0 Å². The summed E-state index contributed by atoms with van der Waals surface area (Å²) in [5.74, 6) is 0.775. The van der Waals surface area contributed by atoms with E-state index in [1.807, 2.05) is 18.5 Å². The van der Waals surface area contributed by atoms with E-state index < -0.39 is 17.6 Å². The Balaban J connectivity index is 1.62. The Bertz CT molecular complexity index is 891. The highest BCUT2D eigenvalue weighted by atomic mass is 19.4. The van der Waals surface area contributed by atoms with Gasteiger partial charge in [-0.2, -0.15) is 18.3 Å². The van der Waals surface area contributed by atoms with E-state index in [9.17, 15) is 13.2 Å². The van der Waals surface area contributed by atoms with Crippen molar-refractivity contribution in [2.45, 2.75) is 57.3 Å². The van der Waals surface area contributed by atoms with E-state index in [-0.39, 0.29) is 23.3 Å². The number of morpholine rings is 1. The second-order valence-corrected chi connectivity index (χ2v) is 8.30. The SMILES string of the molecule is CC(C)n1nc(-c2cnc(N)c(C(F)(F)F)c2)nc1[C@@H]1CC[C@H](N2CCOCC2)C1. The van der Waals surface area contributed by atoms with Crippen molar-refractivity contribution >= 4 is 5.82 Å². The van der Waals surface area contributed by atoms with Crippen LogP contribution in [-0.2, 0) is 10.9 Å². The molecule has 0 amide bonds. The molecule has 2 atom stereocenters. The number of ether oxygens (including phenoxy) is 1. The Kier molecular flexibility index (Phi) is 5.71. The van der Waals surface area contributed by atoms with Crippen LogP contribution in [0.1, 0.15) is 56.5 Å². The third-order valence-corrected chi connectivity index (χ3v) is 5.96. The van der Waals surface area contributed by atoms with Gasteiger partial charge in [-0.25, -0.2) is 14.6 Å². The second-order valence-electron chi connectivity index (χ2n) is 8.30. The average molecular weight is 424 g/mol. The summed E-state index contributed by atoms with van der Waals surface area (Å²) in [6, 6.07) is 1.51. The minimum absolute atomic E-state index is 0.0486. The monoisotopic (exact) mass is 424 g/mol. The summed E-state index contributed by atoms with van der Waals surface area (Å²) >= 11 is 0. The largest absolute Gasteiger partial charge is 0.419 e. The number of nitrogens with zero attached hydrogens (tertiary/aromatic N) is 5. The zero-order valence-electron chi connectivity index (χ0n) is 17.2. The minimum Gasteiger partial charge on any atom is -0.383 e. The molecule has 0 aromatic carbocycles. The van der Waals surface area contributed by atoms with Gasteiger partial charge in [0, 0.05) is 42.9 Å². The first-order valence-electron chi connectivity index (χ1n) is 10.4. The highest BCUT2D eigenvalue weighted by Crippen LogP contribution is 2.39. The molecule has 4 rings (SSSR count). The van der Waals surface area contributed by atoms with E-state index in [2.05, 4.69) is 20.0 Å². The van der Waals surface area contributed by atoms with Crippen LogP contribution in [0.5, 0.6) is 0 Å². The predicted octanol–water partition coefficient (Wildman–Crippen LogP) is 3.49. The minimum atomic E-state index is -4.58. The van der Waals surface area contributed by atoms with Gasteiger partial charge in [0.25, 0.3) is 0 Å². The molecular formula is C20H27F3N6O. The van der Waals surface area contributed by atoms with Gasteiger partial charge in [-0.05, 0) is 39.2 Å². The molecule has 1 aliphatic heterocycles. The average Bonchev–Trinajstić information content (AvgIpc) is 3.35. The van der Waals surface area contributed by atoms with E-state index in [0.29, 0.717) is 6.04 Å². The topological polar surface area (TPSA) is 82.1 Å². The first kappa shape index (κ1) is 21.0. The fourth-order valence-electron chi connectivity index (χ4n) is 4.41. The number of halogens is 3. The summed E-state index contributed by atoms with van der Waals surface area (Å²) in [6.45, 7) is 7.41. The predicted molar refractivity (Wildman–Crippen MR) is 106 cm³/mol. The zero-order chi connectivity index (χ0) is 21.5. The molecule has 2 fully saturated rings. The lowest BCUT2D eigenvalue weighted by atomic mass is 10.1. The maximum Gasteiger partial charge on any atom is 0.419 e. The molecule has 1 aliphatic carbocycles. The molecule has 2 N–H and O–H groups in total. The number of nitrogens with two attached hydrogens (primary N) is 1. The first-order chi connectivity index (χ1) is 14.2. The molecule has 7 nitrogen and oxygen atoms in total. The molecule has 164 valence electrons. The molecule has 2 aromatic heterocycles. The van der Waals surface area contributed by atoms with Crippen LogP contribution in [-0.4, -0.2) is 57.0 Å². The summed E-state index contributed by atoms with van der Waals surface area (Å²) < 4.78 is 47.0. The Morgan fingerprint density at radius 2 is 1.93 bits per heavy atom. The van der Waals surface area contributed by atoms with Gasteiger partial charge in [0.05, 0.1) is 18.8 Å². The number of alkyl halides is 3. The van der Waals surface area contributed by atoms with Crippen molar-refractivity contribution in [3.05, 3.63) is 23.7 Å². The molecule has 2 aromatic rings. The number of rotatable bonds is 4. The van der Waals surface area contributed by atoms with Gasteiger partial charge in [0.15, 0.2) is 5.82 Å². The number of aromatic nitrogens is 4. The zero-order valence-corrected chi connectivity index (χ0v) is 17.2. The Labute approximate surface area is 173 Å². The van der Waals surface area contributed by atoms with Gasteiger partial charge in [-0.1, -0.05) is 0 Å². The van der Waals surface area contributed by atoms with Crippen LogP contribution in [0.3, 0.4) is 0 Å². The van der Waals surface area contributed by atoms with Crippen LogP contribution in [0.4, 0.5) is 19.0 Å². The van der Waals surface area contributed by atoms with Crippen LogP contribution in [0.25, 0.3) is 11.4 Å².